The van der Waals surface area contributed by atoms with Gasteiger partial charge in [-0.3, -0.25) is 0 Å². The number of aryl methyl sites for hydroxylation is 1. The predicted octanol–water partition coefficient (Wildman–Crippen LogP) is 4.00. The van der Waals surface area contributed by atoms with Gasteiger partial charge in [-0.05, 0) is 30.9 Å². The molecular weight excluding hydrogens is 290 g/mol. The lowest BCUT2D eigenvalue weighted by atomic mass is 10.2. The minimum atomic E-state index is 0.391. The first-order valence-electron chi connectivity index (χ1n) is 6.71. The van der Waals surface area contributed by atoms with E-state index in [0.717, 1.165) is 35.5 Å². The highest BCUT2D eigenvalue weighted by Gasteiger charge is 2.17. The number of aromatic nitrogens is 2. The van der Waals surface area contributed by atoms with Crippen molar-refractivity contribution < 1.29 is 0 Å². The molecule has 2 rings (SSSR count). The van der Waals surface area contributed by atoms with Crippen LogP contribution in [0.2, 0.25) is 0 Å². The van der Waals surface area contributed by atoms with E-state index >= 15 is 0 Å². The second-order valence-corrected chi connectivity index (χ2v) is 5.96. The fraction of sp³-hybridized carbons (Fsp3) is 0.467. The first kappa shape index (κ1) is 15.2. The molecule has 0 aliphatic rings. The van der Waals surface area contributed by atoms with Crippen LogP contribution in [0.4, 0.5) is 0 Å². The number of halogens is 1. The standard InChI is InChI=1S/C15H18ClN3S/c1-3-12(10-20-2)19-14-8-11(9-17)4-5-13(14)18-15(19)6-7-16/h4-5,8,12H,3,6-7,10H2,1-2H3. The van der Waals surface area contributed by atoms with Gasteiger partial charge in [-0.15, -0.1) is 11.6 Å². The molecule has 0 saturated carbocycles. The van der Waals surface area contributed by atoms with Crippen LogP contribution in [0.25, 0.3) is 11.0 Å². The zero-order valence-corrected chi connectivity index (χ0v) is 13.3. The maximum atomic E-state index is 9.09. The maximum Gasteiger partial charge on any atom is 0.111 e. The van der Waals surface area contributed by atoms with Crippen LogP contribution in [-0.2, 0) is 6.42 Å². The third-order valence-corrected chi connectivity index (χ3v) is 4.31. The second-order valence-electron chi connectivity index (χ2n) is 4.67. The lowest BCUT2D eigenvalue weighted by molar-refractivity contribution is 0.533. The Balaban J connectivity index is 2.62. The summed E-state index contributed by atoms with van der Waals surface area (Å²) in [6.07, 6.45) is 3.91. The summed E-state index contributed by atoms with van der Waals surface area (Å²) in [5.74, 6) is 2.61. The number of hydrogen-bond donors (Lipinski definition) is 0. The molecule has 3 nitrogen and oxygen atoms in total. The van der Waals surface area contributed by atoms with Crippen molar-refractivity contribution in [1.29, 1.82) is 5.26 Å². The highest BCUT2D eigenvalue weighted by molar-refractivity contribution is 7.98. The molecule has 0 aliphatic heterocycles. The van der Waals surface area contributed by atoms with Crippen molar-refractivity contribution in [3.05, 3.63) is 29.6 Å². The van der Waals surface area contributed by atoms with Crippen molar-refractivity contribution in [2.75, 3.05) is 17.9 Å². The molecule has 5 heteroatoms. The summed E-state index contributed by atoms with van der Waals surface area (Å²) in [5.41, 5.74) is 2.67. The summed E-state index contributed by atoms with van der Waals surface area (Å²) in [6, 6.07) is 8.27. The molecule has 0 spiro atoms. The molecule has 1 unspecified atom stereocenters. The number of benzene rings is 1. The van der Waals surface area contributed by atoms with Crippen molar-refractivity contribution in [2.24, 2.45) is 0 Å². The van der Waals surface area contributed by atoms with Crippen LogP contribution >= 0.6 is 23.4 Å². The normalized spacial score (nSPS) is 12.5. The van der Waals surface area contributed by atoms with Gasteiger partial charge >= 0.3 is 0 Å². The number of alkyl halides is 1. The first-order chi connectivity index (χ1) is 9.74. The van der Waals surface area contributed by atoms with Crippen LogP contribution in [0.15, 0.2) is 18.2 Å². The van der Waals surface area contributed by atoms with Crippen molar-refractivity contribution in [2.45, 2.75) is 25.8 Å². The second kappa shape index (κ2) is 7.01. The third-order valence-electron chi connectivity index (χ3n) is 3.41. The Labute approximate surface area is 128 Å². The quantitative estimate of drug-likeness (QED) is 0.757. The number of nitrogens with zero attached hydrogens (tertiary/aromatic N) is 3. The van der Waals surface area contributed by atoms with Crippen LogP contribution in [0.1, 0.15) is 30.8 Å². The maximum absolute atomic E-state index is 9.09. The van der Waals surface area contributed by atoms with Gasteiger partial charge in [0.25, 0.3) is 0 Å². The highest BCUT2D eigenvalue weighted by atomic mass is 35.5. The Morgan fingerprint density at radius 2 is 2.30 bits per heavy atom. The van der Waals surface area contributed by atoms with E-state index in [-0.39, 0.29) is 0 Å². The van der Waals surface area contributed by atoms with Gasteiger partial charge in [0.2, 0.25) is 0 Å². The molecule has 1 heterocycles. The summed E-state index contributed by atoms with van der Waals surface area (Å²) in [7, 11) is 0. The topological polar surface area (TPSA) is 41.6 Å². The minimum Gasteiger partial charge on any atom is -0.324 e. The Kier molecular flexibility index (Phi) is 5.33. The lowest BCUT2D eigenvalue weighted by Crippen LogP contribution is -2.14. The Hall–Kier alpha value is -1.18. The molecule has 1 atom stereocenters. The zero-order valence-electron chi connectivity index (χ0n) is 11.8. The SMILES string of the molecule is CCC(CSC)n1c(CCCl)nc2ccc(C#N)cc21. The van der Waals surface area contributed by atoms with E-state index in [9.17, 15) is 0 Å². The monoisotopic (exact) mass is 307 g/mol. The number of fused-ring (bicyclic) bond motifs is 1. The molecule has 106 valence electrons. The van der Waals surface area contributed by atoms with Crippen LogP contribution < -0.4 is 0 Å². The minimum absolute atomic E-state index is 0.391. The first-order valence-corrected chi connectivity index (χ1v) is 8.63. The van der Waals surface area contributed by atoms with Crippen molar-refractivity contribution in [3.8, 4) is 6.07 Å². The van der Waals surface area contributed by atoms with E-state index in [2.05, 4.69) is 28.8 Å². The van der Waals surface area contributed by atoms with Crippen LogP contribution in [0.5, 0.6) is 0 Å². The molecule has 0 fully saturated rings. The van der Waals surface area contributed by atoms with Crippen LogP contribution in [0.3, 0.4) is 0 Å². The number of nitriles is 1. The third kappa shape index (κ3) is 2.94. The molecule has 1 aromatic heterocycles. The van der Waals surface area contributed by atoms with Crippen molar-refractivity contribution in [1.82, 2.24) is 9.55 Å². The molecule has 0 N–H and O–H groups in total. The van der Waals surface area contributed by atoms with Gasteiger partial charge in [-0.25, -0.2) is 4.98 Å². The van der Waals surface area contributed by atoms with E-state index in [4.69, 9.17) is 16.9 Å². The van der Waals surface area contributed by atoms with Crippen molar-refractivity contribution >= 4 is 34.4 Å². The molecule has 0 aliphatic carbocycles. The van der Waals surface area contributed by atoms with E-state index in [1.54, 1.807) is 0 Å². The van der Waals surface area contributed by atoms with Gasteiger partial charge in [0.1, 0.15) is 5.82 Å². The summed E-state index contributed by atoms with van der Waals surface area (Å²) >= 11 is 7.74. The van der Waals surface area contributed by atoms with Gasteiger partial charge in [0, 0.05) is 24.1 Å². The largest absolute Gasteiger partial charge is 0.324 e. The molecule has 1 aromatic carbocycles. The fourth-order valence-corrected chi connectivity index (χ4v) is 3.39. The molecule has 0 saturated heterocycles. The Bertz CT molecular complexity index is 630. The Morgan fingerprint density at radius 3 is 2.90 bits per heavy atom. The average molecular weight is 308 g/mol. The van der Waals surface area contributed by atoms with Gasteiger partial charge in [-0.2, -0.15) is 17.0 Å². The molecule has 0 bridgehead atoms. The molecular formula is C15H18ClN3S. The zero-order chi connectivity index (χ0) is 14.5. The van der Waals surface area contributed by atoms with Crippen molar-refractivity contribution in [3.63, 3.8) is 0 Å². The smallest absolute Gasteiger partial charge is 0.111 e. The predicted molar refractivity (Wildman–Crippen MR) is 86.6 cm³/mol. The van der Waals surface area contributed by atoms with Gasteiger partial charge in [0.05, 0.1) is 22.7 Å². The van der Waals surface area contributed by atoms with Gasteiger partial charge in [-0.1, -0.05) is 6.92 Å². The number of imidazole rings is 1. The summed E-state index contributed by atoms with van der Waals surface area (Å²) in [4.78, 5) is 4.69. The van der Waals surface area contributed by atoms with Gasteiger partial charge in [0.15, 0.2) is 0 Å². The lowest BCUT2D eigenvalue weighted by Gasteiger charge is -2.19. The summed E-state index contributed by atoms with van der Waals surface area (Å²) in [5, 5.41) is 9.09. The Morgan fingerprint density at radius 1 is 1.50 bits per heavy atom. The molecule has 0 radical (unpaired) electrons. The summed E-state index contributed by atoms with van der Waals surface area (Å²) < 4.78 is 2.27. The number of rotatable bonds is 6. The fourth-order valence-electron chi connectivity index (χ4n) is 2.45. The molecule has 20 heavy (non-hydrogen) atoms. The van der Waals surface area contributed by atoms with Crippen LogP contribution in [-0.4, -0.2) is 27.4 Å². The van der Waals surface area contributed by atoms with E-state index < -0.39 is 0 Å². The van der Waals surface area contributed by atoms with Crippen LogP contribution in [0, 0.1) is 11.3 Å². The van der Waals surface area contributed by atoms with E-state index in [0.29, 0.717) is 17.5 Å². The molecule has 0 amide bonds. The van der Waals surface area contributed by atoms with E-state index in [1.165, 1.54) is 0 Å². The average Bonchev–Trinajstić information content (AvgIpc) is 2.82. The van der Waals surface area contributed by atoms with E-state index in [1.807, 2.05) is 30.0 Å². The molecule has 2 aromatic rings. The number of thioether (sulfide) groups is 1. The van der Waals surface area contributed by atoms with Gasteiger partial charge < -0.3 is 4.57 Å². The summed E-state index contributed by atoms with van der Waals surface area (Å²) in [6.45, 7) is 2.19. The number of hydrogen-bond acceptors (Lipinski definition) is 3. The highest BCUT2D eigenvalue weighted by Crippen LogP contribution is 2.26.